The van der Waals surface area contributed by atoms with E-state index in [1.165, 1.54) is 24.0 Å². The Balaban J connectivity index is 1.35. The highest BCUT2D eigenvalue weighted by Crippen LogP contribution is 2.31. The van der Waals surface area contributed by atoms with Gasteiger partial charge in [0.05, 0.1) is 10.5 Å². The van der Waals surface area contributed by atoms with Crippen molar-refractivity contribution < 1.29 is 22.3 Å². The maximum atomic E-state index is 14.4. The molecular weight excluding hydrogens is 459 g/mol. The summed E-state index contributed by atoms with van der Waals surface area (Å²) in [6.07, 6.45) is 8.73. The van der Waals surface area contributed by atoms with Gasteiger partial charge < -0.3 is 14.4 Å². The molecule has 0 N–H and O–H groups in total. The molecule has 1 fully saturated rings. The molecule has 180 valence electrons. The zero-order valence-electron chi connectivity index (χ0n) is 19.1. The summed E-state index contributed by atoms with van der Waals surface area (Å²) in [6.45, 7) is 4.58. The second-order valence-corrected chi connectivity index (χ2v) is 10.4. The van der Waals surface area contributed by atoms with Gasteiger partial charge in [0.15, 0.2) is 21.4 Å². The number of piperidine rings is 1. The Morgan fingerprint density at radius 1 is 1.15 bits per heavy atom. The second kappa shape index (κ2) is 10.4. The number of rotatable bonds is 8. The first kappa shape index (κ1) is 24.0. The van der Waals surface area contributed by atoms with Crippen molar-refractivity contribution in [1.82, 2.24) is 19.9 Å². The third-order valence-corrected chi connectivity index (χ3v) is 6.89. The fourth-order valence-corrected chi connectivity index (χ4v) is 4.41. The first-order valence-corrected chi connectivity index (χ1v) is 13.0. The quantitative estimate of drug-likeness (QED) is 0.477. The molecular formula is C24H27FN4O4S. The zero-order valence-corrected chi connectivity index (χ0v) is 20.0. The van der Waals surface area contributed by atoms with E-state index in [2.05, 4.69) is 25.9 Å². The number of halogens is 1. The second-order valence-electron chi connectivity index (χ2n) is 8.35. The van der Waals surface area contributed by atoms with Gasteiger partial charge in [0.2, 0.25) is 11.8 Å². The maximum Gasteiger partial charge on any atom is 0.229 e. The van der Waals surface area contributed by atoms with E-state index in [4.69, 9.17) is 9.47 Å². The summed E-state index contributed by atoms with van der Waals surface area (Å²) in [5.41, 5.74) is 1.78. The van der Waals surface area contributed by atoms with E-state index in [0.29, 0.717) is 11.4 Å². The molecule has 0 aliphatic carbocycles. The molecule has 3 aromatic rings. The molecule has 0 amide bonds. The Bertz CT molecular complexity index is 1230. The third-order valence-electron chi connectivity index (χ3n) is 5.78. The van der Waals surface area contributed by atoms with Crippen LogP contribution < -0.4 is 9.47 Å². The standard InChI is InChI=1S/C24H27FN4O4S/c1-17-23(32-19-8-12-29(13-9-19)11-7-18-4-3-10-26-15-18)27-16-28-24(17)33-22-6-5-20(14-21(22)25)34(2,30)31/h3-6,10,14-16,19H,7-9,11-13H2,1-2H3. The van der Waals surface area contributed by atoms with Gasteiger partial charge in [0, 0.05) is 38.3 Å². The van der Waals surface area contributed by atoms with E-state index >= 15 is 0 Å². The van der Waals surface area contributed by atoms with Gasteiger partial charge in [-0.3, -0.25) is 4.98 Å². The van der Waals surface area contributed by atoms with Crippen molar-refractivity contribution >= 4 is 9.84 Å². The minimum atomic E-state index is -3.52. The molecule has 2 aromatic heterocycles. The lowest BCUT2D eigenvalue weighted by Gasteiger charge is -2.32. The molecule has 0 atom stereocenters. The predicted octanol–water partition coefficient (Wildman–Crippen LogP) is 3.60. The highest BCUT2D eigenvalue weighted by atomic mass is 32.2. The van der Waals surface area contributed by atoms with Gasteiger partial charge in [-0.25, -0.2) is 22.8 Å². The van der Waals surface area contributed by atoms with Crippen LogP contribution in [-0.2, 0) is 16.3 Å². The van der Waals surface area contributed by atoms with E-state index in [-0.39, 0.29) is 22.6 Å². The molecule has 0 spiro atoms. The Morgan fingerprint density at radius 3 is 2.59 bits per heavy atom. The van der Waals surface area contributed by atoms with Crippen LogP contribution >= 0.6 is 0 Å². The van der Waals surface area contributed by atoms with Crippen LogP contribution in [0.5, 0.6) is 17.5 Å². The minimum absolute atomic E-state index is 0.0156. The maximum absolute atomic E-state index is 14.4. The summed E-state index contributed by atoms with van der Waals surface area (Å²) < 4.78 is 49.4. The number of aromatic nitrogens is 3. The van der Waals surface area contributed by atoms with Gasteiger partial charge in [-0.15, -0.1) is 0 Å². The smallest absolute Gasteiger partial charge is 0.229 e. The number of hydrogen-bond donors (Lipinski definition) is 0. The van der Waals surface area contributed by atoms with E-state index in [1.807, 2.05) is 12.3 Å². The van der Waals surface area contributed by atoms with Crippen molar-refractivity contribution in [2.75, 3.05) is 25.9 Å². The van der Waals surface area contributed by atoms with Gasteiger partial charge in [-0.05, 0) is 56.0 Å². The molecule has 1 aliphatic rings. The van der Waals surface area contributed by atoms with Crippen LogP contribution in [0, 0.1) is 12.7 Å². The molecule has 0 radical (unpaired) electrons. The minimum Gasteiger partial charge on any atom is -0.474 e. The van der Waals surface area contributed by atoms with E-state index < -0.39 is 15.7 Å². The van der Waals surface area contributed by atoms with Crippen molar-refractivity contribution in [3.8, 4) is 17.5 Å². The first-order valence-electron chi connectivity index (χ1n) is 11.1. The number of ether oxygens (including phenoxy) is 2. The van der Waals surface area contributed by atoms with Crippen molar-refractivity contribution in [3.63, 3.8) is 0 Å². The monoisotopic (exact) mass is 486 g/mol. The summed E-state index contributed by atoms with van der Waals surface area (Å²) in [5, 5.41) is 0. The van der Waals surface area contributed by atoms with Crippen LogP contribution in [-0.4, -0.2) is 60.3 Å². The Labute approximate surface area is 198 Å². The highest BCUT2D eigenvalue weighted by Gasteiger charge is 2.23. The zero-order chi connectivity index (χ0) is 24.1. The SMILES string of the molecule is Cc1c(Oc2ccc(S(C)(=O)=O)cc2F)ncnc1OC1CCN(CCc2cccnc2)CC1. The van der Waals surface area contributed by atoms with Gasteiger partial charge in [-0.2, -0.15) is 0 Å². The summed E-state index contributed by atoms with van der Waals surface area (Å²) in [6, 6.07) is 7.54. The summed E-state index contributed by atoms with van der Waals surface area (Å²) in [4.78, 5) is 14.8. The van der Waals surface area contributed by atoms with Crippen LogP contribution in [0.3, 0.4) is 0 Å². The van der Waals surface area contributed by atoms with Gasteiger partial charge in [-0.1, -0.05) is 6.07 Å². The number of sulfone groups is 1. The van der Waals surface area contributed by atoms with E-state index in [0.717, 1.165) is 51.2 Å². The lowest BCUT2D eigenvalue weighted by molar-refractivity contribution is 0.0964. The van der Waals surface area contributed by atoms with Crippen molar-refractivity contribution in [1.29, 1.82) is 0 Å². The fourth-order valence-electron chi connectivity index (χ4n) is 3.78. The first-order chi connectivity index (χ1) is 16.3. The number of benzene rings is 1. The average Bonchev–Trinajstić information content (AvgIpc) is 2.82. The van der Waals surface area contributed by atoms with Crippen LogP contribution in [0.1, 0.15) is 24.0 Å². The number of hydrogen-bond acceptors (Lipinski definition) is 8. The van der Waals surface area contributed by atoms with Gasteiger partial charge >= 0.3 is 0 Å². The fraction of sp³-hybridized carbons (Fsp3) is 0.375. The van der Waals surface area contributed by atoms with E-state index in [9.17, 15) is 12.8 Å². The lowest BCUT2D eigenvalue weighted by atomic mass is 10.1. The Kier molecular flexibility index (Phi) is 7.38. The topological polar surface area (TPSA) is 94.5 Å². The van der Waals surface area contributed by atoms with Crippen molar-refractivity contribution in [2.24, 2.45) is 0 Å². The molecule has 1 aliphatic heterocycles. The van der Waals surface area contributed by atoms with E-state index in [1.54, 1.807) is 13.1 Å². The molecule has 1 saturated heterocycles. The Hall–Kier alpha value is -3.11. The van der Waals surface area contributed by atoms with Crippen LogP contribution in [0.4, 0.5) is 4.39 Å². The molecule has 3 heterocycles. The molecule has 0 saturated carbocycles. The number of pyridine rings is 1. The average molecular weight is 487 g/mol. The highest BCUT2D eigenvalue weighted by molar-refractivity contribution is 7.90. The normalized spacial score (nSPS) is 15.3. The number of likely N-dealkylation sites (tertiary alicyclic amines) is 1. The molecule has 34 heavy (non-hydrogen) atoms. The predicted molar refractivity (Wildman–Crippen MR) is 124 cm³/mol. The van der Waals surface area contributed by atoms with Gasteiger partial charge in [0.1, 0.15) is 12.4 Å². The van der Waals surface area contributed by atoms with Crippen LogP contribution in [0.2, 0.25) is 0 Å². The van der Waals surface area contributed by atoms with Crippen molar-refractivity contribution in [2.45, 2.75) is 37.2 Å². The largest absolute Gasteiger partial charge is 0.474 e. The van der Waals surface area contributed by atoms with Crippen molar-refractivity contribution in [3.05, 3.63) is 66.0 Å². The molecule has 1 aromatic carbocycles. The number of nitrogens with zero attached hydrogens (tertiary/aromatic N) is 4. The molecule has 0 bridgehead atoms. The lowest BCUT2D eigenvalue weighted by Crippen LogP contribution is -2.39. The Morgan fingerprint density at radius 2 is 1.91 bits per heavy atom. The molecule has 4 rings (SSSR count). The molecule has 10 heteroatoms. The van der Waals surface area contributed by atoms with Crippen LogP contribution in [0.15, 0.2) is 53.9 Å². The molecule has 0 unspecified atom stereocenters. The summed E-state index contributed by atoms with van der Waals surface area (Å²) in [7, 11) is -3.52. The third kappa shape index (κ3) is 6.06. The summed E-state index contributed by atoms with van der Waals surface area (Å²) in [5.74, 6) is -0.360. The summed E-state index contributed by atoms with van der Waals surface area (Å²) >= 11 is 0. The molecule has 8 nitrogen and oxygen atoms in total. The van der Waals surface area contributed by atoms with Gasteiger partial charge in [0.25, 0.3) is 0 Å². The van der Waals surface area contributed by atoms with Crippen LogP contribution in [0.25, 0.3) is 0 Å².